The highest BCUT2D eigenvalue weighted by molar-refractivity contribution is 5.75. The summed E-state index contributed by atoms with van der Waals surface area (Å²) in [4.78, 5) is 15.8. The first-order valence-electron chi connectivity index (χ1n) is 7.97. The van der Waals surface area contributed by atoms with Crippen molar-refractivity contribution in [2.75, 3.05) is 0 Å². The molecule has 3 rings (SSSR count). The smallest absolute Gasteiger partial charge is 0.388 e. The molecule has 1 aromatic carbocycles. The Bertz CT molecular complexity index is 742. The van der Waals surface area contributed by atoms with Crippen LogP contribution in [0, 0.1) is 0 Å². The fraction of sp³-hybridized carbons (Fsp3) is 0.333. The lowest BCUT2D eigenvalue weighted by Crippen LogP contribution is -2.42. The fourth-order valence-electron chi connectivity index (χ4n) is 2.88. The van der Waals surface area contributed by atoms with Gasteiger partial charge in [-0.1, -0.05) is 30.3 Å². The molecule has 0 radical (unpaired) electrons. The molecular formula is C18H19F2N3O2. The summed E-state index contributed by atoms with van der Waals surface area (Å²) in [5.41, 5.74) is 1.56. The first-order valence-corrected chi connectivity index (χ1v) is 7.97. The number of carbonyl (C=O) groups is 1. The third-order valence-corrected chi connectivity index (χ3v) is 4.30. The molecule has 25 heavy (non-hydrogen) atoms. The quantitative estimate of drug-likeness (QED) is 0.841. The predicted molar refractivity (Wildman–Crippen MR) is 88.4 cm³/mol. The van der Waals surface area contributed by atoms with Gasteiger partial charge in [-0.05, 0) is 30.5 Å². The third-order valence-electron chi connectivity index (χ3n) is 4.30. The fourth-order valence-corrected chi connectivity index (χ4v) is 2.88. The number of hydrogen-bond acceptors (Lipinski definition) is 3. The standard InChI is InChI=1S/C18H19F2N3O2/c1-18(10-14(18)13-5-3-2-4-6-13)23-17(24)22-11-12-7-8-21-15(9-12)25-16(19)20/h2-9,14,16H,10-11H2,1H3,(H2,22,23,24)/t14-,18+/m0/s1. The number of halogens is 2. The van der Waals surface area contributed by atoms with Crippen molar-refractivity contribution in [2.45, 2.75) is 38.0 Å². The average Bonchev–Trinajstić information content (AvgIpc) is 3.24. The lowest BCUT2D eigenvalue weighted by atomic mass is 10.1. The van der Waals surface area contributed by atoms with Crippen molar-refractivity contribution in [2.24, 2.45) is 0 Å². The Kier molecular flexibility index (Phi) is 4.83. The highest BCUT2D eigenvalue weighted by atomic mass is 19.3. The average molecular weight is 347 g/mol. The van der Waals surface area contributed by atoms with E-state index in [9.17, 15) is 13.6 Å². The van der Waals surface area contributed by atoms with E-state index >= 15 is 0 Å². The number of rotatable bonds is 6. The summed E-state index contributed by atoms with van der Waals surface area (Å²) in [6.07, 6.45) is 2.24. The number of carbonyl (C=O) groups excluding carboxylic acids is 1. The second kappa shape index (κ2) is 7.04. The lowest BCUT2D eigenvalue weighted by Gasteiger charge is -2.15. The van der Waals surface area contributed by atoms with E-state index < -0.39 is 6.61 Å². The number of alkyl halides is 2. The van der Waals surface area contributed by atoms with Crippen molar-refractivity contribution < 1.29 is 18.3 Å². The number of aromatic nitrogens is 1. The van der Waals surface area contributed by atoms with Crippen LogP contribution in [-0.2, 0) is 6.54 Å². The summed E-state index contributed by atoms with van der Waals surface area (Å²) >= 11 is 0. The van der Waals surface area contributed by atoms with Gasteiger partial charge in [0.15, 0.2) is 0 Å². The molecule has 7 heteroatoms. The maximum atomic E-state index is 12.2. The van der Waals surface area contributed by atoms with Crippen molar-refractivity contribution in [1.29, 1.82) is 0 Å². The van der Waals surface area contributed by atoms with E-state index in [1.165, 1.54) is 17.8 Å². The topological polar surface area (TPSA) is 63.2 Å². The minimum atomic E-state index is -2.93. The van der Waals surface area contributed by atoms with E-state index in [2.05, 4.69) is 32.5 Å². The van der Waals surface area contributed by atoms with Crippen LogP contribution in [0.4, 0.5) is 13.6 Å². The van der Waals surface area contributed by atoms with Gasteiger partial charge in [-0.2, -0.15) is 8.78 Å². The first kappa shape index (κ1) is 17.1. The zero-order valence-corrected chi connectivity index (χ0v) is 13.7. The number of amides is 2. The van der Waals surface area contributed by atoms with Gasteiger partial charge < -0.3 is 15.4 Å². The number of nitrogens with one attached hydrogen (secondary N) is 2. The van der Waals surface area contributed by atoms with Crippen LogP contribution >= 0.6 is 0 Å². The van der Waals surface area contributed by atoms with Crippen molar-refractivity contribution in [1.82, 2.24) is 15.6 Å². The van der Waals surface area contributed by atoms with Crippen LogP contribution in [0.3, 0.4) is 0 Å². The number of pyridine rings is 1. The molecule has 1 aromatic heterocycles. The van der Waals surface area contributed by atoms with E-state index in [1.54, 1.807) is 6.07 Å². The van der Waals surface area contributed by atoms with E-state index in [1.807, 2.05) is 25.1 Å². The van der Waals surface area contributed by atoms with Crippen molar-refractivity contribution in [3.63, 3.8) is 0 Å². The molecule has 0 unspecified atom stereocenters. The summed E-state index contributed by atoms with van der Waals surface area (Å²) in [5.74, 6) is 0.124. The minimum absolute atomic E-state index is 0.173. The molecule has 0 aliphatic heterocycles. The van der Waals surface area contributed by atoms with Gasteiger partial charge in [-0.25, -0.2) is 9.78 Å². The Labute approximate surface area is 144 Å². The van der Waals surface area contributed by atoms with Crippen LogP contribution in [0.2, 0.25) is 0 Å². The van der Waals surface area contributed by atoms with Crippen LogP contribution in [0.5, 0.6) is 5.88 Å². The molecule has 1 heterocycles. The maximum absolute atomic E-state index is 12.2. The van der Waals surface area contributed by atoms with Gasteiger partial charge in [0.1, 0.15) is 0 Å². The van der Waals surface area contributed by atoms with Crippen molar-refractivity contribution in [3.05, 3.63) is 59.8 Å². The van der Waals surface area contributed by atoms with Crippen LogP contribution in [-0.4, -0.2) is 23.2 Å². The van der Waals surface area contributed by atoms with E-state index in [-0.39, 0.29) is 24.0 Å². The molecule has 2 amide bonds. The van der Waals surface area contributed by atoms with Gasteiger partial charge in [-0.15, -0.1) is 0 Å². The molecule has 0 bridgehead atoms. The molecule has 0 saturated heterocycles. The van der Waals surface area contributed by atoms with Crippen LogP contribution < -0.4 is 15.4 Å². The Morgan fingerprint density at radius 3 is 2.84 bits per heavy atom. The van der Waals surface area contributed by atoms with Gasteiger partial charge in [-0.3, -0.25) is 0 Å². The molecule has 132 valence electrons. The third kappa shape index (κ3) is 4.43. The molecule has 2 atom stereocenters. The molecule has 1 fully saturated rings. The Morgan fingerprint density at radius 2 is 2.12 bits per heavy atom. The molecular weight excluding hydrogens is 328 g/mol. The second-order valence-electron chi connectivity index (χ2n) is 6.27. The summed E-state index contributed by atoms with van der Waals surface area (Å²) in [5, 5.41) is 5.71. The number of urea groups is 1. The summed E-state index contributed by atoms with van der Waals surface area (Å²) in [6, 6.07) is 12.7. The number of benzene rings is 1. The molecule has 1 aliphatic rings. The molecule has 1 saturated carbocycles. The molecule has 5 nitrogen and oxygen atoms in total. The normalized spacial score (nSPS) is 21.7. The Hall–Kier alpha value is -2.70. The summed E-state index contributed by atoms with van der Waals surface area (Å²) in [7, 11) is 0. The zero-order valence-electron chi connectivity index (χ0n) is 13.7. The van der Waals surface area contributed by atoms with E-state index in [0.29, 0.717) is 11.5 Å². The molecule has 0 spiro atoms. The predicted octanol–water partition coefficient (Wildman–Crippen LogP) is 3.43. The highest BCUT2D eigenvalue weighted by Crippen LogP contribution is 2.50. The van der Waals surface area contributed by atoms with Gasteiger partial charge in [0.05, 0.1) is 0 Å². The van der Waals surface area contributed by atoms with Crippen LogP contribution in [0.1, 0.15) is 30.4 Å². The van der Waals surface area contributed by atoms with Gasteiger partial charge in [0.2, 0.25) is 5.88 Å². The van der Waals surface area contributed by atoms with E-state index in [0.717, 1.165) is 6.42 Å². The molecule has 1 aliphatic carbocycles. The van der Waals surface area contributed by atoms with Gasteiger partial charge >= 0.3 is 12.6 Å². The molecule has 2 aromatic rings. The van der Waals surface area contributed by atoms with Crippen molar-refractivity contribution in [3.8, 4) is 5.88 Å². The number of nitrogens with zero attached hydrogens (tertiary/aromatic N) is 1. The van der Waals surface area contributed by atoms with E-state index in [4.69, 9.17) is 0 Å². The second-order valence-corrected chi connectivity index (χ2v) is 6.27. The van der Waals surface area contributed by atoms with Gasteiger partial charge in [0, 0.05) is 30.3 Å². The maximum Gasteiger partial charge on any atom is 0.388 e. The largest absolute Gasteiger partial charge is 0.417 e. The minimum Gasteiger partial charge on any atom is -0.417 e. The number of ether oxygens (including phenoxy) is 1. The van der Waals surface area contributed by atoms with Gasteiger partial charge in [0.25, 0.3) is 0 Å². The van der Waals surface area contributed by atoms with Crippen LogP contribution in [0.25, 0.3) is 0 Å². The lowest BCUT2D eigenvalue weighted by molar-refractivity contribution is -0.0529. The van der Waals surface area contributed by atoms with Crippen LogP contribution in [0.15, 0.2) is 48.7 Å². The SMILES string of the molecule is C[C@@]1(NC(=O)NCc2ccnc(OC(F)F)c2)C[C@H]1c1ccccc1. The van der Waals surface area contributed by atoms with Crippen molar-refractivity contribution >= 4 is 6.03 Å². The highest BCUT2D eigenvalue weighted by Gasteiger charge is 2.51. The molecule has 2 N–H and O–H groups in total. The summed E-state index contributed by atoms with van der Waals surface area (Å²) in [6.45, 7) is -0.727. The summed E-state index contributed by atoms with van der Waals surface area (Å²) < 4.78 is 28.6. The first-order chi connectivity index (χ1) is 12.0. The Balaban J connectivity index is 1.51. The number of hydrogen-bond donors (Lipinski definition) is 2. The Morgan fingerprint density at radius 1 is 1.36 bits per heavy atom. The monoisotopic (exact) mass is 347 g/mol. The zero-order chi connectivity index (χ0) is 17.9.